The SMILES string of the molecule is CCCCC1=C(c2ccccc2C(C)OC)C(=O)c2ccccc2C1=O. The van der Waals surface area contributed by atoms with E-state index in [0.29, 0.717) is 28.7 Å². The molecule has 0 saturated heterocycles. The van der Waals surface area contributed by atoms with E-state index in [0.717, 1.165) is 24.0 Å². The molecule has 0 fully saturated rings. The van der Waals surface area contributed by atoms with Gasteiger partial charge in [0.15, 0.2) is 11.6 Å². The Labute approximate surface area is 154 Å². The van der Waals surface area contributed by atoms with Crippen LogP contribution in [0, 0.1) is 0 Å². The standard InChI is InChI=1S/C23H24O3/c1-4-5-10-20-21(17-12-7-6-11-16(17)15(2)26-3)23(25)19-14-9-8-13-18(19)22(20)24/h6-9,11-15H,4-5,10H2,1-3H3. The van der Waals surface area contributed by atoms with Crippen molar-refractivity contribution in [2.45, 2.75) is 39.2 Å². The first kappa shape index (κ1) is 18.3. The third kappa shape index (κ3) is 3.15. The van der Waals surface area contributed by atoms with E-state index in [2.05, 4.69) is 6.92 Å². The molecule has 2 aromatic rings. The summed E-state index contributed by atoms with van der Waals surface area (Å²) in [6.07, 6.45) is 2.30. The predicted molar refractivity (Wildman–Crippen MR) is 103 cm³/mol. The van der Waals surface area contributed by atoms with Crippen LogP contribution in [0.15, 0.2) is 54.1 Å². The van der Waals surface area contributed by atoms with Crippen LogP contribution in [0.4, 0.5) is 0 Å². The number of hydrogen-bond donors (Lipinski definition) is 0. The van der Waals surface area contributed by atoms with Crippen LogP contribution >= 0.6 is 0 Å². The summed E-state index contributed by atoms with van der Waals surface area (Å²) >= 11 is 0. The number of Topliss-reactive ketones (excluding diaryl/α,β-unsaturated/α-hetero) is 2. The second-order valence-corrected chi connectivity index (χ2v) is 6.63. The van der Waals surface area contributed by atoms with Crippen LogP contribution in [0.5, 0.6) is 0 Å². The molecule has 1 aliphatic rings. The summed E-state index contributed by atoms with van der Waals surface area (Å²) in [6.45, 7) is 4.04. The van der Waals surface area contributed by atoms with Gasteiger partial charge in [0.05, 0.1) is 6.10 Å². The molecule has 0 heterocycles. The molecule has 0 saturated carbocycles. The molecular weight excluding hydrogens is 324 g/mol. The van der Waals surface area contributed by atoms with Crippen molar-refractivity contribution in [1.29, 1.82) is 0 Å². The highest BCUT2D eigenvalue weighted by atomic mass is 16.5. The normalized spacial score (nSPS) is 15.2. The molecule has 0 aliphatic heterocycles. The van der Waals surface area contributed by atoms with Crippen LogP contribution in [0.25, 0.3) is 5.57 Å². The molecule has 2 aromatic carbocycles. The Hall–Kier alpha value is -2.52. The molecule has 3 heteroatoms. The molecule has 0 radical (unpaired) electrons. The van der Waals surface area contributed by atoms with Crippen molar-refractivity contribution in [2.75, 3.05) is 7.11 Å². The van der Waals surface area contributed by atoms with Crippen molar-refractivity contribution in [2.24, 2.45) is 0 Å². The van der Waals surface area contributed by atoms with Crippen molar-refractivity contribution < 1.29 is 14.3 Å². The van der Waals surface area contributed by atoms with Gasteiger partial charge >= 0.3 is 0 Å². The second-order valence-electron chi connectivity index (χ2n) is 6.63. The van der Waals surface area contributed by atoms with Crippen molar-refractivity contribution in [1.82, 2.24) is 0 Å². The highest BCUT2D eigenvalue weighted by Gasteiger charge is 2.33. The molecule has 0 amide bonds. The fraction of sp³-hybridized carbons (Fsp3) is 0.304. The van der Waals surface area contributed by atoms with Gasteiger partial charge in [-0.3, -0.25) is 9.59 Å². The molecule has 3 rings (SSSR count). The first-order valence-corrected chi connectivity index (χ1v) is 9.13. The molecular formula is C23H24O3. The summed E-state index contributed by atoms with van der Waals surface area (Å²) < 4.78 is 5.50. The summed E-state index contributed by atoms with van der Waals surface area (Å²) in [4.78, 5) is 26.5. The van der Waals surface area contributed by atoms with E-state index in [1.807, 2.05) is 43.3 Å². The minimum Gasteiger partial charge on any atom is -0.377 e. The molecule has 0 aromatic heterocycles. The maximum Gasteiger partial charge on any atom is 0.194 e. The van der Waals surface area contributed by atoms with E-state index >= 15 is 0 Å². The van der Waals surface area contributed by atoms with Gasteiger partial charge in [-0.25, -0.2) is 0 Å². The van der Waals surface area contributed by atoms with Crippen LogP contribution < -0.4 is 0 Å². The minimum absolute atomic E-state index is 0.0245. The van der Waals surface area contributed by atoms with Crippen LogP contribution in [-0.4, -0.2) is 18.7 Å². The summed E-state index contributed by atoms with van der Waals surface area (Å²) in [5.41, 5.74) is 3.92. The van der Waals surface area contributed by atoms with Gasteiger partial charge < -0.3 is 4.74 Å². The molecule has 26 heavy (non-hydrogen) atoms. The highest BCUT2D eigenvalue weighted by molar-refractivity contribution is 6.40. The van der Waals surface area contributed by atoms with E-state index in [1.54, 1.807) is 19.2 Å². The molecule has 134 valence electrons. The lowest BCUT2D eigenvalue weighted by atomic mass is 9.78. The zero-order valence-electron chi connectivity index (χ0n) is 15.5. The number of ketones is 2. The zero-order valence-corrected chi connectivity index (χ0v) is 15.5. The number of carbonyl (C=O) groups excluding carboxylic acids is 2. The molecule has 1 aliphatic carbocycles. The lowest BCUT2D eigenvalue weighted by Gasteiger charge is -2.24. The summed E-state index contributed by atoms with van der Waals surface area (Å²) in [5.74, 6) is -0.0921. The van der Waals surface area contributed by atoms with Crippen LogP contribution in [0.2, 0.25) is 0 Å². The van der Waals surface area contributed by atoms with Crippen molar-refractivity contribution in [3.63, 3.8) is 0 Å². The Morgan fingerprint density at radius 3 is 2.08 bits per heavy atom. The number of ether oxygens (including phenoxy) is 1. The van der Waals surface area contributed by atoms with Gasteiger partial charge in [0, 0.05) is 29.4 Å². The quantitative estimate of drug-likeness (QED) is 0.700. The third-order valence-corrected chi connectivity index (χ3v) is 5.02. The molecule has 1 unspecified atom stereocenters. The lowest BCUT2D eigenvalue weighted by Crippen LogP contribution is -2.22. The predicted octanol–water partition coefficient (Wildman–Crippen LogP) is 5.42. The number of carbonyl (C=O) groups is 2. The number of methoxy groups -OCH3 is 1. The topological polar surface area (TPSA) is 43.4 Å². The van der Waals surface area contributed by atoms with Crippen molar-refractivity contribution in [3.8, 4) is 0 Å². The molecule has 0 bridgehead atoms. The van der Waals surface area contributed by atoms with Gasteiger partial charge in [-0.2, -0.15) is 0 Å². The zero-order chi connectivity index (χ0) is 18.7. The van der Waals surface area contributed by atoms with Gasteiger partial charge in [-0.1, -0.05) is 61.9 Å². The van der Waals surface area contributed by atoms with Gasteiger partial charge in [-0.15, -0.1) is 0 Å². The second kappa shape index (κ2) is 7.79. The van der Waals surface area contributed by atoms with Crippen molar-refractivity contribution >= 4 is 17.1 Å². The number of allylic oxidation sites excluding steroid dienone is 2. The highest BCUT2D eigenvalue weighted by Crippen LogP contribution is 2.37. The maximum atomic E-state index is 13.3. The summed E-state index contributed by atoms with van der Waals surface area (Å²) in [6, 6.07) is 14.8. The van der Waals surface area contributed by atoms with E-state index in [1.165, 1.54) is 0 Å². The molecule has 3 nitrogen and oxygen atoms in total. The Bertz CT molecular complexity index is 877. The number of rotatable bonds is 6. The minimum atomic E-state index is -0.161. The average molecular weight is 348 g/mol. The Morgan fingerprint density at radius 2 is 1.46 bits per heavy atom. The Balaban J connectivity index is 2.25. The van der Waals surface area contributed by atoms with Gasteiger partial charge in [0.2, 0.25) is 0 Å². The monoisotopic (exact) mass is 348 g/mol. The van der Waals surface area contributed by atoms with E-state index in [-0.39, 0.29) is 17.7 Å². The maximum absolute atomic E-state index is 13.3. The third-order valence-electron chi connectivity index (χ3n) is 5.02. The van der Waals surface area contributed by atoms with Gasteiger partial charge in [0.1, 0.15) is 0 Å². The summed E-state index contributed by atoms with van der Waals surface area (Å²) in [5, 5.41) is 0. The molecule has 0 N–H and O–H groups in total. The lowest BCUT2D eigenvalue weighted by molar-refractivity contribution is 0.0987. The van der Waals surface area contributed by atoms with Gasteiger partial charge in [-0.05, 0) is 30.9 Å². The van der Waals surface area contributed by atoms with E-state index in [9.17, 15) is 9.59 Å². The van der Waals surface area contributed by atoms with Crippen LogP contribution in [0.3, 0.4) is 0 Å². The number of fused-ring (bicyclic) bond motifs is 1. The number of unbranched alkanes of at least 4 members (excludes halogenated alkanes) is 1. The number of benzene rings is 2. The average Bonchev–Trinajstić information content (AvgIpc) is 2.69. The smallest absolute Gasteiger partial charge is 0.194 e. The largest absolute Gasteiger partial charge is 0.377 e. The molecule has 0 spiro atoms. The van der Waals surface area contributed by atoms with Crippen molar-refractivity contribution in [3.05, 3.63) is 76.4 Å². The Morgan fingerprint density at radius 1 is 0.885 bits per heavy atom. The fourth-order valence-electron chi connectivity index (χ4n) is 3.51. The fourth-order valence-corrected chi connectivity index (χ4v) is 3.51. The Kier molecular flexibility index (Phi) is 5.48. The van der Waals surface area contributed by atoms with Crippen LogP contribution in [0.1, 0.15) is 71.1 Å². The first-order chi connectivity index (χ1) is 12.6. The van der Waals surface area contributed by atoms with E-state index in [4.69, 9.17) is 4.74 Å². The molecule has 1 atom stereocenters. The van der Waals surface area contributed by atoms with Crippen LogP contribution in [-0.2, 0) is 4.74 Å². The van der Waals surface area contributed by atoms with Gasteiger partial charge in [0.25, 0.3) is 0 Å². The number of hydrogen-bond acceptors (Lipinski definition) is 3. The first-order valence-electron chi connectivity index (χ1n) is 9.13. The summed E-state index contributed by atoms with van der Waals surface area (Å²) in [7, 11) is 1.65. The van der Waals surface area contributed by atoms with E-state index < -0.39 is 0 Å².